The Labute approximate surface area is 86.4 Å². The zero-order valence-corrected chi connectivity index (χ0v) is 8.57. The lowest BCUT2D eigenvalue weighted by Crippen LogP contribution is -2.27. The van der Waals surface area contributed by atoms with Crippen molar-refractivity contribution in [2.45, 2.75) is 31.8 Å². The van der Waals surface area contributed by atoms with Gasteiger partial charge in [0.2, 0.25) is 0 Å². The van der Waals surface area contributed by atoms with E-state index in [1.54, 1.807) is 13.8 Å². The number of azide groups is 2. The van der Waals surface area contributed by atoms with Crippen molar-refractivity contribution in [2.75, 3.05) is 13.1 Å². The summed E-state index contributed by atoms with van der Waals surface area (Å²) in [5, 5.41) is 6.84. The minimum Gasteiger partial charge on any atom is -0.344 e. The molecule has 2 atom stereocenters. The number of hydrogen-bond acceptors (Lipinski definition) is 4. The molecule has 0 aliphatic carbocycles. The van der Waals surface area contributed by atoms with Gasteiger partial charge in [0.25, 0.3) is 0 Å². The predicted octanol–water partition coefficient (Wildman–Crippen LogP) is 2.13. The fraction of sp³-hybridized carbons (Fsp3) is 1.00. The highest BCUT2D eigenvalue weighted by Gasteiger charge is 2.40. The van der Waals surface area contributed by atoms with Crippen molar-refractivity contribution in [1.82, 2.24) is 0 Å². The topological polar surface area (TPSA) is 116 Å². The second-order valence-corrected chi connectivity index (χ2v) is 3.54. The molecule has 82 valence electrons. The first-order chi connectivity index (χ1) is 7.09. The molecule has 0 aromatic heterocycles. The van der Waals surface area contributed by atoms with Crippen LogP contribution in [0, 0.1) is 0 Å². The third-order valence-electron chi connectivity index (χ3n) is 1.93. The Kier molecular flexibility index (Phi) is 3.76. The maximum atomic E-state index is 8.20. The molecule has 1 heterocycles. The molecular weight excluding hydrogens is 200 g/mol. The molecule has 0 saturated carbocycles. The zero-order valence-electron chi connectivity index (χ0n) is 8.57. The zero-order chi connectivity index (χ0) is 11.3. The van der Waals surface area contributed by atoms with Crippen LogP contribution in [-0.2, 0) is 9.47 Å². The van der Waals surface area contributed by atoms with E-state index in [0.717, 1.165) is 0 Å². The van der Waals surface area contributed by atoms with Crippen LogP contribution >= 0.6 is 0 Å². The second kappa shape index (κ2) is 4.86. The maximum absolute atomic E-state index is 8.20. The van der Waals surface area contributed by atoms with Gasteiger partial charge in [-0.3, -0.25) is 0 Å². The monoisotopic (exact) mass is 212 g/mol. The van der Waals surface area contributed by atoms with Crippen LogP contribution in [0.5, 0.6) is 0 Å². The first-order valence-corrected chi connectivity index (χ1v) is 4.46. The van der Waals surface area contributed by atoms with Crippen molar-refractivity contribution >= 4 is 0 Å². The smallest absolute Gasteiger partial charge is 0.163 e. The molecule has 15 heavy (non-hydrogen) atoms. The van der Waals surface area contributed by atoms with Crippen molar-refractivity contribution in [3.63, 3.8) is 0 Å². The van der Waals surface area contributed by atoms with E-state index in [2.05, 4.69) is 20.1 Å². The van der Waals surface area contributed by atoms with Gasteiger partial charge in [0, 0.05) is 9.82 Å². The van der Waals surface area contributed by atoms with E-state index in [9.17, 15) is 0 Å². The van der Waals surface area contributed by atoms with E-state index in [4.69, 9.17) is 20.5 Å². The molecule has 1 fully saturated rings. The third kappa shape index (κ3) is 3.30. The molecule has 1 rings (SSSR count). The highest BCUT2D eigenvalue weighted by Crippen LogP contribution is 2.28. The highest BCUT2D eigenvalue weighted by atomic mass is 16.8. The standard InChI is InChI=1S/C7H12N6O2/c1-7(2)14-5(3-10-12-8)6(15-7)4-11-13-9/h5-6H,3-4H2,1-2H3/t5-,6+. The first-order valence-electron chi connectivity index (χ1n) is 4.46. The van der Waals surface area contributed by atoms with Crippen LogP contribution < -0.4 is 0 Å². The van der Waals surface area contributed by atoms with E-state index >= 15 is 0 Å². The van der Waals surface area contributed by atoms with Crippen molar-refractivity contribution in [2.24, 2.45) is 10.2 Å². The Morgan fingerprint density at radius 3 is 1.80 bits per heavy atom. The van der Waals surface area contributed by atoms with Gasteiger partial charge in [0.05, 0.1) is 25.3 Å². The summed E-state index contributed by atoms with van der Waals surface area (Å²) < 4.78 is 11.0. The normalized spacial score (nSPS) is 27.9. The molecule has 0 N–H and O–H groups in total. The largest absolute Gasteiger partial charge is 0.344 e. The van der Waals surface area contributed by atoms with Crippen molar-refractivity contribution in [3.8, 4) is 0 Å². The molecule has 1 aliphatic heterocycles. The molecule has 8 heteroatoms. The van der Waals surface area contributed by atoms with E-state index < -0.39 is 5.79 Å². The van der Waals surface area contributed by atoms with Gasteiger partial charge in [-0.2, -0.15) is 0 Å². The number of rotatable bonds is 4. The van der Waals surface area contributed by atoms with Gasteiger partial charge in [-0.15, -0.1) is 0 Å². The lowest BCUT2D eigenvalue weighted by molar-refractivity contribution is -0.144. The van der Waals surface area contributed by atoms with Gasteiger partial charge in [-0.1, -0.05) is 10.2 Å². The lowest BCUT2D eigenvalue weighted by Gasteiger charge is -2.16. The minimum atomic E-state index is -0.731. The van der Waals surface area contributed by atoms with Crippen LogP contribution in [-0.4, -0.2) is 31.1 Å². The average Bonchev–Trinajstić information content (AvgIpc) is 2.47. The SMILES string of the molecule is CC1(C)O[C@@H](CN=[N+]=[N-])[C@@H](CN=[N+]=[N-])O1. The van der Waals surface area contributed by atoms with Crippen LogP contribution in [0.1, 0.15) is 13.8 Å². The first kappa shape index (κ1) is 11.6. The Morgan fingerprint density at radius 2 is 1.47 bits per heavy atom. The molecule has 0 bridgehead atoms. The fourth-order valence-corrected chi connectivity index (χ4v) is 1.45. The van der Waals surface area contributed by atoms with Crippen LogP contribution in [0.2, 0.25) is 0 Å². The van der Waals surface area contributed by atoms with Crippen LogP contribution in [0.3, 0.4) is 0 Å². The van der Waals surface area contributed by atoms with E-state index in [0.29, 0.717) is 0 Å². The highest BCUT2D eigenvalue weighted by molar-refractivity contribution is 4.84. The molecular formula is C7H12N6O2. The quantitative estimate of drug-likeness (QED) is 0.403. The van der Waals surface area contributed by atoms with Crippen molar-refractivity contribution in [1.29, 1.82) is 0 Å². The van der Waals surface area contributed by atoms with Gasteiger partial charge in [0.15, 0.2) is 5.79 Å². The van der Waals surface area contributed by atoms with Crippen molar-refractivity contribution in [3.05, 3.63) is 20.9 Å². The Morgan fingerprint density at radius 1 is 1.07 bits per heavy atom. The van der Waals surface area contributed by atoms with Crippen LogP contribution in [0.25, 0.3) is 20.9 Å². The summed E-state index contributed by atoms with van der Waals surface area (Å²) in [6.45, 7) is 3.86. The van der Waals surface area contributed by atoms with Gasteiger partial charge in [0.1, 0.15) is 0 Å². The molecule has 0 aromatic carbocycles. The summed E-state index contributed by atoms with van der Waals surface area (Å²) in [6.07, 6.45) is -0.720. The molecule has 0 unspecified atom stereocenters. The molecule has 0 radical (unpaired) electrons. The Hall–Kier alpha value is -1.46. The molecule has 8 nitrogen and oxygen atoms in total. The van der Waals surface area contributed by atoms with Crippen LogP contribution in [0.15, 0.2) is 10.2 Å². The summed E-state index contributed by atoms with van der Waals surface area (Å²) >= 11 is 0. The predicted molar refractivity (Wildman–Crippen MR) is 51.9 cm³/mol. The summed E-state index contributed by atoms with van der Waals surface area (Å²) in [4.78, 5) is 5.30. The van der Waals surface area contributed by atoms with E-state index in [1.165, 1.54) is 0 Å². The number of hydrogen-bond donors (Lipinski definition) is 0. The minimum absolute atomic E-state index is 0.172. The molecule has 0 spiro atoms. The van der Waals surface area contributed by atoms with Gasteiger partial charge in [-0.05, 0) is 24.9 Å². The van der Waals surface area contributed by atoms with Gasteiger partial charge >= 0.3 is 0 Å². The summed E-state index contributed by atoms with van der Waals surface area (Å²) in [6, 6.07) is 0. The number of ether oxygens (including phenoxy) is 2. The summed E-state index contributed by atoms with van der Waals surface area (Å²) in [5.41, 5.74) is 16.4. The molecule has 1 aliphatic rings. The summed E-state index contributed by atoms with van der Waals surface area (Å²) in [5.74, 6) is -0.731. The third-order valence-corrected chi connectivity index (χ3v) is 1.93. The number of nitrogens with zero attached hydrogens (tertiary/aromatic N) is 6. The second-order valence-electron chi connectivity index (χ2n) is 3.54. The molecule has 0 aromatic rings. The lowest BCUT2D eigenvalue weighted by atomic mass is 10.2. The summed E-state index contributed by atoms with van der Waals surface area (Å²) in [7, 11) is 0. The maximum Gasteiger partial charge on any atom is 0.163 e. The van der Waals surface area contributed by atoms with Crippen molar-refractivity contribution < 1.29 is 9.47 Å². The Bertz CT molecular complexity index is 287. The van der Waals surface area contributed by atoms with Crippen LogP contribution in [0.4, 0.5) is 0 Å². The molecule has 1 saturated heterocycles. The van der Waals surface area contributed by atoms with E-state index in [1.807, 2.05) is 0 Å². The van der Waals surface area contributed by atoms with Gasteiger partial charge < -0.3 is 9.47 Å². The Balaban J connectivity index is 2.64. The fourth-order valence-electron chi connectivity index (χ4n) is 1.45. The van der Waals surface area contributed by atoms with E-state index in [-0.39, 0.29) is 25.3 Å². The average molecular weight is 212 g/mol. The molecule has 0 amide bonds. The van der Waals surface area contributed by atoms with Gasteiger partial charge in [-0.25, -0.2) is 0 Å².